The van der Waals surface area contributed by atoms with Gasteiger partial charge in [0.1, 0.15) is 0 Å². The van der Waals surface area contributed by atoms with E-state index in [0.717, 1.165) is 54.3 Å². The topological polar surface area (TPSA) is 20.2 Å². The van der Waals surface area contributed by atoms with Crippen molar-refractivity contribution in [1.82, 2.24) is 0 Å². The lowest BCUT2D eigenvalue weighted by Crippen LogP contribution is -2.50. The third-order valence-corrected chi connectivity index (χ3v) is 10.8. The lowest BCUT2D eigenvalue weighted by molar-refractivity contribution is -0.0579. The summed E-state index contributed by atoms with van der Waals surface area (Å²) < 4.78 is 0. The maximum absolute atomic E-state index is 10.2. The molecule has 0 radical (unpaired) electrons. The van der Waals surface area contributed by atoms with Crippen LogP contribution in [0.2, 0.25) is 0 Å². The zero-order valence-corrected chi connectivity index (χ0v) is 20.9. The Morgan fingerprint density at radius 1 is 0.967 bits per heavy atom. The Morgan fingerprint density at radius 3 is 2.47 bits per heavy atom. The quantitative estimate of drug-likeness (QED) is 0.436. The molecule has 0 amide bonds. The summed E-state index contributed by atoms with van der Waals surface area (Å²) in [5, 5.41) is 10.2. The van der Waals surface area contributed by atoms with Gasteiger partial charge in [0.2, 0.25) is 0 Å². The SMILES string of the molecule is CC(C)CCC(C)C[C@@H](C)[C@H]1CC[C@H]2[C@@H]3CC=C4C[C@@H](O)CC[C@]4(C)[C@H]3CC[C@]12C. The molecule has 30 heavy (non-hydrogen) atoms. The number of aliphatic hydroxyl groups excluding tert-OH is 1. The van der Waals surface area contributed by atoms with Crippen LogP contribution in [0.5, 0.6) is 0 Å². The van der Waals surface area contributed by atoms with Gasteiger partial charge in [-0.3, -0.25) is 0 Å². The van der Waals surface area contributed by atoms with Gasteiger partial charge in [0.15, 0.2) is 0 Å². The summed E-state index contributed by atoms with van der Waals surface area (Å²) in [4.78, 5) is 0. The summed E-state index contributed by atoms with van der Waals surface area (Å²) in [7, 11) is 0. The van der Waals surface area contributed by atoms with E-state index >= 15 is 0 Å². The van der Waals surface area contributed by atoms with Crippen molar-refractivity contribution in [2.45, 2.75) is 118 Å². The van der Waals surface area contributed by atoms with E-state index in [1.807, 2.05) is 0 Å². The Morgan fingerprint density at radius 2 is 1.73 bits per heavy atom. The summed E-state index contributed by atoms with van der Waals surface area (Å²) in [6, 6.07) is 0. The molecule has 4 rings (SSSR count). The first-order valence-corrected chi connectivity index (χ1v) is 13.5. The molecular weight excluding hydrogens is 364 g/mol. The second-order valence-electron chi connectivity index (χ2n) is 13.2. The minimum atomic E-state index is -0.0795. The van der Waals surface area contributed by atoms with Gasteiger partial charge in [0, 0.05) is 0 Å². The van der Waals surface area contributed by atoms with Crippen molar-refractivity contribution in [3.8, 4) is 0 Å². The van der Waals surface area contributed by atoms with Gasteiger partial charge in [-0.25, -0.2) is 0 Å². The molecule has 0 heterocycles. The Balaban J connectivity index is 1.46. The molecule has 0 bridgehead atoms. The summed E-state index contributed by atoms with van der Waals surface area (Å²) in [5.74, 6) is 6.28. The second kappa shape index (κ2) is 8.57. The van der Waals surface area contributed by atoms with Crippen LogP contribution in [-0.4, -0.2) is 11.2 Å². The fraction of sp³-hybridized carbons (Fsp3) is 0.931. The Bertz CT molecular complexity index is 634. The molecular formula is C29H50O. The molecule has 9 atom stereocenters. The van der Waals surface area contributed by atoms with E-state index in [1.165, 1.54) is 57.8 Å². The van der Waals surface area contributed by atoms with E-state index in [9.17, 15) is 5.11 Å². The predicted octanol–water partition coefficient (Wildman–Crippen LogP) is 8.02. The van der Waals surface area contributed by atoms with Crippen LogP contribution >= 0.6 is 0 Å². The van der Waals surface area contributed by atoms with Crippen LogP contribution in [-0.2, 0) is 0 Å². The predicted molar refractivity (Wildman–Crippen MR) is 128 cm³/mol. The highest BCUT2D eigenvalue weighted by Crippen LogP contribution is 2.67. The van der Waals surface area contributed by atoms with E-state index in [2.05, 4.69) is 47.6 Å². The molecule has 0 aliphatic heterocycles. The molecule has 1 N–H and O–H groups in total. The number of hydrogen-bond donors (Lipinski definition) is 1. The van der Waals surface area contributed by atoms with Crippen molar-refractivity contribution in [3.05, 3.63) is 11.6 Å². The average molecular weight is 415 g/mol. The van der Waals surface area contributed by atoms with Gasteiger partial charge in [0.05, 0.1) is 6.10 Å². The fourth-order valence-electron chi connectivity index (χ4n) is 9.15. The van der Waals surface area contributed by atoms with Crippen molar-refractivity contribution < 1.29 is 5.11 Å². The molecule has 1 heteroatoms. The molecule has 172 valence electrons. The minimum absolute atomic E-state index is 0.0795. The molecule has 0 aromatic carbocycles. The molecule has 0 aromatic heterocycles. The summed E-state index contributed by atoms with van der Waals surface area (Å²) >= 11 is 0. The van der Waals surface area contributed by atoms with E-state index in [0.29, 0.717) is 10.8 Å². The first-order valence-electron chi connectivity index (χ1n) is 13.5. The van der Waals surface area contributed by atoms with Crippen molar-refractivity contribution in [2.75, 3.05) is 0 Å². The molecule has 1 unspecified atom stereocenters. The van der Waals surface area contributed by atoms with Gasteiger partial charge >= 0.3 is 0 Å². The van der Waals surface area contributed by atoms with Crippen LogP contribution in [0.1, 0.15) is 112 Å². The minimum Gasteiger partial charge on any atom is -0.393 e. The molecule has 4 aliphatic rings. The first-order chi connectivity index (χ1) is 14.1. The Hall–Kier alpha value is -0.300. The van der Waals surface area contributed by atoms with Crippen molar-refractivity contribution in [2.24, 2.45) is 52.3 Å². The number of allylic oxidation sites excluding steroid dienone is 1. The lowest BCUT2D eigenvalue weighted by atomic mass is 9.47. The van der Waals surface area contributed by atoms with Gasteiger partial charge in [0.25, 0.3) is 0 Å². The summed E-state index contributed by atoms with van der Waals surface area (Å²) in [6.45, 7) is 15.1. The molecule has 0 aromatic rings. The third kappa shape index (κ3) is 3.95. The molecule has 1 nitrogen and oxygen atoms in total. The largest absolute Gasteiger partial charge is 0.393 e. The van der Waals surface area contributed by atoms with Gasteiger partial charge in [-0.1, -0.05) is 66.0 Å². The summed E-state index contributed by atoms with van der Waals surface area (Å²) in [6.07, 6.45) is 17.1. The number of aliphatic hydroxyl groups is 1. The van der Waals surface area contributed by atoms with Crippen LogP contribution < -0.4 is 0 Å². The van der Waals surface area contributed by atoms with Crippen LogP contribution in [0.4, 0.5) is 0 Å². The van der Waals surface area contributed by atoms with Gasteiger partial charge < -0.3 is 5.11 Å². The molecule has 3 fully saturated rings. The lowest BCUT2D eigenvalue weighted by Gasteiger charge is -2.58. The monoisotopic (exact) mass is 414 g/mol. The summed E-state index contributed by atoms with van der Waals surface area (Å²) in [5.41, 5.74) is 2.58. The molecule has 4 aliphatic carbocycles. The number of rotatable bonds is 6. The van der Waals surface area contributed by atoms with Gasteiger partial charge in [-0.05, 0) is 110 Å². The third-order valence-electron chi connectivity index (χ3n) is 10.8. The van der Waals surface area contributed by atoms with Crippen molar-refractivity contribution >= 4 is 0 Å². The van der Waals surface area contributed by atoms with Crippen molar-refractivity contribution in [3.63, 3.8) is 0 Å². The normalized spacial score (nSPS) is 45.3. The number of fused-ring (bicyclic) bond motifs is 5. The first kappa shape index (κ1) is 22.9. The maximum atomic E-state index is 10.2. The van der Waals surface area contributed by atoms with E-state index in [1.54, 1.807) is 5.57 Å². The van der Waals surface area contributed by atoms with Crippen molar-refractivity contribution in [1.29, 1.82) is 0 Å². The highest BCUT2D eigenvalue weighted by molar-refractivity contribution is 5.25. The van der Waals surface area contributed by atoms with E-state index in [-0.39, 0.29) is 6.10 Å². The van der Waals surface area contributed by atoms with Gasteiger partial charge in [-0.2, -0.15) is 0 Å². The Labute approximate surface area is 187 Å². The van der Waals surface area contributed by atoms with Crippen LogP contribution in [0.15, 0.2) is 11.6 Å². The molecule has 0 saturated heterocycles. The van der Waals surface area contributed by atoms with Gasteiger partial charge in [-0.15, -0.1) is 0 Å². The molecule has 0 spiro atoms. The molecule has 3 saturated carbocycles. The van der Waals surface area contributed by atoms with E-state index in [4.69, 9.17) is 0 Å². The average Bonchev–Trinajstić information content (AvgIpc) is 3.04. The number of hydrogen-bond acceptors (Lipinski definition) is 1. The van der Waals surface area contributed by atoms with Crippen LogP contribution in [0, 0.1) is 52.3 Å². The zero-order chi connectivity index (χ0) is 21.7. The second-order valence-corrected chi connectivity index (χ2v) is 13.2. The Kier molecular flexibility index (Phi) is 6.53. The smallest absolute Gasteiger partial charge is 0.0577 e. The van der Waals surface area contributed by atoms with E-state index < -0.39 is 0 Å². The maximum Gasteiger partial charge on any atom is 0.0577 e. The highest BCUT2D eigenvalue weighted by Gasteiger charge is 2.59. The zero-order valence-electron chi connectivity index (χ0n) is 20.9. The standard InChI is InChI=1S/C29H50O/c1-19(2)7-8-20(3)17-21(4)25-11-12-26-24-10-9-22-18-23(30)13-15-28(22,5)27(24)14-16-29(25,26)6/h9,19-21,23-27,30H,7-8,10-18H2,1-6H3/t20?,21-,23+,24+,25-,26+,27+,28+,29-/m1/s1. The van der Waals surface area contributed by atoms with Crippen LogP contribution in [0.3, 0.4) is 0 Å². The van der Waals surface area contributed by atoms with Crippen LogP contribution in [0.25, 0.3) is 0 Å². The fourth-order valence-corrected chi connectivity index (χ4v) is 9.15. The highest BCUT2D eigenvalue weighted by atomic mass is 16.3.